The number of thioether (sulfide) groups is 1. The fourth-order valence-corrected chi connectivity index (χ4v) is 5.10. The summed E-state index contributed by atoms with van der Waals surface area (Å²) >= 11 is 1.60. The van der Waals surface area contributed by atoms with Gasteiger partial charge >= 0.3 is 5.63 Å². The first-order chi connectivity index (χ1) is 13.6. The van der Waals surface area contributed by atoms with Crippen LogP contribution in [0.25, 0.3) is 11.0 Å². The number of hydrogen-bond acceptors (Lipinski definition) is 6. The third-order valence-corrected chi connectivity index (χ3v) is 6.53. The number of fused-ring (bicyclic) bond motifs is 1. The smallest absolute Gasteiger partial charge is 0.336 e. The van der Waals surface area contributed by atoms with Gasteiger partial charge in [0.1, 0.15) is 17.2 Å². The summed E-state index contributed by atoms with van der Waals surface area (Å²) in [5.74, 6) is 1.71. The Hall–Kier alpha value is -2.28. The van der Waals surface area contributed by atoms with Crippen LogP contribution < -0.4 is 5.63 Å². The van der Waals surface area contributed by atoms with Crippen molar-refractivity contribution in [3.8, 4) is 5.75 Å². The topological polar surface area (TPSA) is 81.2 Å². The Bertz CT molecular complexity index is 1050. The summed E-state index contributed by atoms with van der Waals surface area (Å²) < 4.78 is 7.56. The molecule has 0 aliphatic heterocycles. The highest BCUT2D eigenvalue weighted by molar-refractivity contribution is 7.98. The zero-order valence-corrected chi connectivity index (χ0v) is 17.1. The molecule has 3 aromatic rings. The van der Waals surface area contributed by atoms with Gasteiger partial charge in [0, 0.05) is 29.3 Å². The van der Waals surface area contributed by atoms with Crippen molar-refractivity contribution in [2.75, 3.05) is 0 Å². The van der Waals surface area contributed by atoms with Crippen LogP contribution in [0.1, 0.15) is 62.0 Å². The SMILES string of the molecule is CCc1cc2c(CSc3nnc(C)n3C3CCCCC3)cc(=O)oc2cc1O. The molecule has 1 saturated carbocycles. The van der Waals surface area contributed by atoms with E-state index in [2.05, 4.69) is 14.8 Å². The molecular formula is C21H25N3O3S. The van der Waals surface area contributed by atoms with Crippen LogP contribution >= 0.6 is 11.8 Å². The Kier molecular flexibility index (Phi) is 5.44. The summed E-state index contributed by atoms with van der Waals surface area (Å²) in [5, 5.41) is 20.6. The van der Waals surface area contributed by atoms with Crippen LogP contribution in [0.2, 0.25) is 0 Å². The molecule has 1 aliphatic carbocycles. The highest BCUT2D eigenvalue weighted by Gasteiger charge is 2.21. The lowest BCUT2D eigenvalue weighted by Gasteiger charge is -2.25. The average molecular weight is 400 g/mol. The van der Waals surface area contributed by atoms with Gasteiger partial charge in [0.25, 0.3) is 0 Å². The van der Waals surface area contributed by atoms with Crippen LogP contribution in [0.3, 0.4) is 0 Å². The van der Waals surface area contributed by atoms with Gasteiger partial charge in [-0.3, -0.25) is 0 Å². The third-order valence-electron chi connectivity index (χ3n) is 5.54. The molecule has 2 heterocycles. The number of phenols is 1. The molecule has 1 aliphatic rings. The number of hydrogen-bond donors (Lipinski definition) is 1. The summed E-state index contributed by atoms with van der Waals surface area (Å²) in [6.07, 6.45) is 6.86. The minimum Gasteiger partial charge on any atom is -0.508 e. The third kappa shape index (κ3) is 3.68. The van der Waals surface area contributed by atoms with Crippen molar-refractivity contribution in [1.82, 2.24) is 14.8 Å². The molecule has 4 rings (SSSR count). The molecular weight excluding hydrogens is 374 g/mol. The van der Waals surface area contributed by atoms with Gasteiger partial charge in [0.15, 0.2) is 5.16 Å². The van der Waals surface area contributed by atoms with Crippen molar-refractivity contribution in [2.45, 2.75) is 69.3 Å². The lowest BCUT2D eigenvalue weighted by Crippen LogP contribution is -2.15. The van der Waals surface area contributed by atoms with Crippen molar-refractivity contribution in [1.29, 1.82) is 0 Å². The highest BCUT2D eigenvalue weighted by atomic mass is 32.2. The number of benzene rings is 1. The molecule has 0 amide bonds. The first kappa shape index (κ1) is 19.1. The quantitative estimate of drug-likeness (QED) is 0.492. The van der Waals surface area contributed by atoms with Gasteiger partial charge in [0.05, 0.1) is 0 Å². The van der Waals surface area contributed by atoms with E-state index in [-0.39, 0.29) is 5.75 Å². The maximum Gasteiger partial charge on any atom is 0.336 e. The molecule has 0 unspecified atom stereocenters. The van der Waals surface area contributed by atoms with E-state index in [0.717, 1.165) is 27.5 Å². The van der Waals surface area contributed by atoms with E-state index in [4.69, 9.17) is 4.42 Å². The first-order valence-electron chi connectivity index (χ1n) is 9.89. The molecule has 0 atom stereocenters. The lowest BCUT2D eigenvalue weighted by atomic mass is 9.95. The number of phenolic OH excluding ortho intramolecular Hbond substituents is 1. The Morgan fingerprint density at radius 1 is 1.18 bits per heavy atom. The number of aryl methyl sites for hydroxylation is 2. The molecule has 7 heteroatoms. The minimum absolute atomic E-state index is 0.163. The van der Waals surface area contributed by atoms with Crippen LogP contribution in [-0.4, -0.2) is 19.9 Å². The second kappa shape index (κ2) is 7.99. The first-order valence-corrected chi connectivity index (χ1v) is 10.9. The fraction of sp³-hybridized carbons (Fsp3) is 0.476. The number of aromatic hydroxyl groups is 1. The predicted octanol–water partition coefficient (Wildman–Crippen LogP) is 4.76. The van der Waals surface area contributed by atoms with Gasteiger partial charge in [-0.25, -0.2) is 4.79 Å². The number of rotatable bonds is 5. The second-order valence-electron chi connectivity index (χ2n) is 7.40. The zero-order chi connectivity index (χ0) is 19.7. The molecule has 6 nitrogen and oxygen atoms in total. The van der Waals surface area contributed by atoms with E-state index in [1.807, 2.05) is 19.9 Å². The lowest BCUT2D eigenvalue weighted by molar-refractivity contribution is 0.332. The minimum atomic E-state index is -0.406. The van der Waals surface area contributed by atoms with Crippen LogP contribution in [0, 0.1) is 6.92 Å². The summed E-state index contributed by atoms with van der Waals surface area (Å²) in [6, 6.07) is 5.46. The molecule has 148 valence electrons. The highest BCUT2D eigenvalue weighted by Crippen LogP contribution is 2.34. The molecule has 0 bridgehead atoms. The van der Waals surface area contributed by atoms with Crippen molar-refractivity contribution >= 4 is 22.7 Å². The van der Waals surface area contributed by atoms with Crippen molar-refractivity contribution < 1.29 is 9.52 Å². The van der Waals surface area contributed by atoms with E-state index >= 15 is 0 Å². The molecule has 0 spiro atoms. The van der Waals surface area contributed by atoms with Gasteiger partial charge in [-0.05, 0) is 43.4 Å². The van der Waals surface area contributed by atoms with E-state index < -0.39 is 5.63 Å². The van der Waals surface area contributed by atoms with Crippen LogP contribution in [-0.2, 0) is 12.2 Å². The second-order valence-corrected chi connectivity index (χ2v) is 8.34. The van der Waals surface area contributed by atoms with Crippen molar-refractivity contribution in [2.24, 2.45) is 0 Å². The summed E-state index contributed by atoms with van der Waals surface area (Å²) in [6.45, 7) is 4.00. The van der Waals surface area contributed by atoms with Gasteiger partial charge in [-0.2, -0.15) is 0 Å². The summed E-state index contributed by atoms with van der Waals surface area (Å²) in [5.41, 5.74) is 1.75. The maximum atomic E-state index is 12.0. The van der Waals surface area contributed by atoms with Gasteiger partial charge in [-0.15, -0.1) is 10.2 Å². The van der Waals surface area contributed by atoms with Gasteiger partial charge in [-0.1, -0.05) is 37.9 Å². The number of aromatic nitrogens is 3. The molecule has 1 aromatic carbocycles. The van der Waals surface area contributed by atoms with Crippen LogP contribution in [0.4, 0.5) is 0 Å². The van der Waals surface area contributed by atoms with Crippen molar-refractivity contribution in [3.63, 3.8) is 0 Å². The number of nitrogens with zero attached hydrogens (tertiary/aromatic N) is 3. The summed E-state index contributed by atoms with van der Waals surface area (Å²) in [4.78, 5) is 12.0. The Balaban J connectivity index is 1.65. The Morgan fingerprint density at radius 3 is 2.71 bits per heavy atom. The largest absolute Gasteiger partial charge is 0.508 e. The fourth-order valence-electron chi connectivity index (χ4n) is 4.06. The van der Waals surface area contributed by atoms with Gasteiger partial charge < -0.3 is 14.1 Å². The van der Waals surface area contributed by atoms with E-state index in [1.54, 1.807) is 23.9 Å². The Morgan fingerprint density at radius 2 is 1.96 bits per heavy atom. The van der Waals surface area contributed by atoms with Crippen LogP contribution in [0.15, 0.2) is 32.6 Å². The molecule has 0 radical (unpaired) electrons. The van der Waals surface area contributed by atoms with Crippen molar-refractivity contribution in [3.05, 3.63) is 45.6 Å². The summed E-state index contributed by atoms with van der Waals surface area (Å²) in [7, 11) is 0. The van der Waals surface area contributed by atoms with Crippen LogP contribution in [0.5, 0.6) is 5.75 Å². The molecule has 28 heavy (non-hydrogen) atoms. The molecule has 0 saturated heterocycles. The maximum absolute atomic E-state index is 12.0. The van der Waals surface area contributed by atoms with E-state index in [9.17, 15) is 9.90 Å². The molecule has 1 N–H and O–H groups in total. The zero-order valence-electron chi connectivity index (χ0n) is 16.3. The molecule has 2 aromatic heterocycles. The monoisotopic (exact) mass is 399 g/mol. The van der Waals surface area contributed by atoms with Gasteiger partial charge in [0.2, 0.25) is 0 Å². The van der Waals surface area contributed by atoms with E-state index in [0.29, 0.717) is 23.8 Å². The standard InChI is InChI=1S/C21H25N3O3S/c1-3-14-9-17-15(10-20(26)27-19(17)11-18(14)25)12-28-21-23-22-13(2)24(21)16-7-5-4-6-8-16/h9-11,16,25H,3-8,12H2,1-2H3. The van der Waals surface area contributed by atoms with E-state index in [1.165, 1.54) is 32.1 Å². The Labute approximate surface area is 168 Å². The molecule has 1 fully saturated rings. The average Bonchev–Trinajstić information content (AvgIpc) is 3.06. The normalized spacial score (nSPS) is 15.4. The predicted molar refractivity (Wildman–Crippen MR) is 110 cm³/mol.